The Morgan fingerprint density at radius 3 is 2.09 bits per heavy atom. The molecule has 1 N–H and O–H groups in total. The molecule has 0 aliphatic carbocycles. The highest BCUT2D eigenvalue weighted by atomic mass is 32.2. The highest BCUT2D eigenvalue weighted by Crippen LogP contribution is 2.49. The molecule has 0 spiro atoms. The molecule has 2 aliphatic heterocycles. The Labute approximate surface area is 294 Å². The van der Waals surface area contributed by atoms with Gasteiger partial charge in [-0.05, 0) is 92.0 Å². The fraction of sp³-hybridized carbons (Fsp3) is 0.800. The van der Waals surface area contributed by atoms with Crippen LogP contribution in [0.5, 0.6) is 0 Å². The summed E-state index contributed by atoms with van der Waals surface area (Å²) in [5.74, 6) is 1.05. The highest BCUT2D eigenvalue weighted by molar-refractivity contribution is 7.99. The Hall–Kier alpha value is -0.673. The van der Waals surface area contributed by atoms with Crippen molar-refractivity contribution in [2.75, 3.05) is 6.61 Å². The van der Waals surface area contributed by atoms with Crippen molar-refractivity contribution >= 4 is 20.1 Å². The fourth-order valence-corrected chi connectivity index (χ4v) is 15.4. The Kier molecular flexibility index (Phi) is 16.1. The van der Waals surface area contributed by atoms with Crippen LogP contribution in [-0.4, -0.2) is 61.6 Å². The first-order valence-corrected chi connectivity index (χ1v) is 21.9. The molecule has 1 aromatic rings. The van der Waals surface area contributed by atoms with Gasteiger partial charge in [-0.2, -0.15) is 0 Å². The molecule has 1 fully saturated rings. The number of aliphatic hydroxyl groups excluding tert-OH is 1. The number of allylic oxidation sites excluding steroid dienone is 1. The lowest BCUT2D eigenvalue weighted by Gasteiger charge is -2.55. The van der Waals surface area contributed by atoms with Crippen LogP contribution in [0.1, 0.15) is 122 Å². The third-order valence-corrected chi connectivity index (χ3v) is 18.8. The maximum absolute atomic E-state index is 10.1. The molecule has 0 aromatic heterocycles. The van der Waals surface area contributed by atoms with Crippen molar-refractivity contribution in [3.63, 3.8) is 0 Å². The molecular formula is C40H70O5SSi. The number of thioether (sulfide) groups is 1. The zero-order chi connectivity index (χ0) is 34.9. The van der Waals surface area contributed by atoms with Gasteiger partial charge in [-0.15, -0.1) is 0 Å². The van der Waals surface area contributed by atoms with Crippen LogP contribution in [0.2, 0.25) is 16.6 Å². The molecule has 1 aromatic carbocycles. The lowest BCUT2D eigenvalue weighted by atomic mass is 9.76. The van der Waals surface area contributed by atoms with Gasteiger partial charge in [0.25, 0.3) is 0 Å². The van der Waals surface area contributed by atoms with Crippen LogP contribution in [0, 0.1) is 17.8 Å². The first-order valence-electron chi connectivity index (χ1n) is 18.9. The average molecular weight is 691 g/mol. The predicted octanol–water partition coefficient (Wildman–Crippen LogP) is 10.8. The van der Waals surface area contributed by atoms with Crippen molar-refractivity contribution in [2.45, 2.75) is 185 Å². The smallest absolute Gasteiger partial charge is 0.200 e. The molecule has 1 unspecified atom stereocenters. The van der Waals surface area contributed by atoms with Crippen molar-refractivity contribution in [1.29, 1.82) is 0 Å². The summed E-state index contributed by atoms with van der Waals surface area (Å²) in [6.07, 6.45) is 9.70. The van der Waals surface area contributed by atoms with E-state index < -0.39 is 13.9 Å². The van der Waals surface area contributed by atoms with Crippen LogP contribution in [0.4, 0.5) is 0 Å². The van der Waals surface area contributed by atoms with Gasteiger partial charge in [0.05, 0.1) is 30.0 Å². The van der Waals surface area contributed by atoms with Gasteiger partial charge < -0.3 is 23.7 Å². The topological polar surface area (TPSA) is 57.2 Å². The van der Waals surface area contributed by atoms with Crippen LogP contribution in [0.15, 0.2) is 47.4 Å². The van der Waals surface area contributed by atoms with Gasteiger partial charge in [0.2, 0.25) is 8.32 Å². The number of rotatable bonds is 16. The summed E-state index contributed by atoms with van der Waals surface area (Å²) in [5, 5.41) is 10.1. The second-order valence-corrected chi connectivity index (χ2v) is 22.4. The molecule has 47 heavy (non-hydrogen) atoms. The molecule has 7 heteroatoms. The number of hydrogen-bond acceptors (Lipinski definition) is 6. The predicted molar refractivity (Wildman–Crippen MR) is 202 cm³/mol. The first-order chi connectivity index (χ1) is 22.2. The van der Waals surface area contributed by atoms with Crippen molar-refractivity contribution in [1.82, 2.24) is 0 Å². The van der Waals surface area contributed by atoms with Crippen LogP contribution >= 0.6 is 11.8 Å². The highest BCUT2D eigenvalue weighted by Gasteiger charge is 2.54. The lowest BCUT2D eigenvalue weighted by molar-refractivity contribution is -0.221. The SMILES string of the molecule is CC[C@@H]1O[C@H](CCO)[C@@H](OC(C[C@@H](C)[C@]2(C)O[C@H](CC)[C@@H](C)C[C@H]2O[Si](C(C)C)(C(C)C)C(C)C)Sc2ccccc2)/C=C\C[C@H]1C. The molecule has 0 saturated carbocycles. The third-order valence-electron chi connectivity index (χ3n) is 11.6. The van der Waals surface area contributed by atoms with Crippen LogP contribution in [0.3, 0.4) is 0 Å². The Bertz CT molecular complexity index is 1040. The number of hydrogen-bond donors (Lipinski definition) is 1. The van der Waals surface area contributed by atoms with E-state index in [4.69, 9.17) is 18.6 Å². The molecule has 0 amide bonds. The third kappa shape index (κ3) is 9.98. The van der Waals surface area contributed by atoms with E-state index >= 15 is 0 Å². The van der Waals surface area contributed by atoms with E-state index in [9.17, 15) is 5.11 Å². The summed E-state index contributed by atoms with van der Waals surface area (Å²) >= 11 is 1.79. The quantitative estimate of drug-likeness (QED) is 0.0806. The van der Waals surface area contributed by atoms with Gasteiger partial charge in [-0.25, -0.2) is 0 Å². The largest absolute Gasteiger partial charge is 0.410 e. The van der Waals surface area contributed by atoms with Crippen molar-refractivity contribution in [2.24, 2.45) is 17.8 Å². The van der Waals surface area contributed by atoms with Crippen molar-refractivity contribution in [3.05, 3.63) is 42.5 Å². The minimum atomic E-state index is -2.16. The summed E-state index contributed by atoms with van der Waals surface area (Å²) in [7, 11) is -2.16. The molecule has 0 radical (unpaired) electrons. The van der Waals surface area contributed by atoms with Gasteiger partial charge in [0, 0.05) is 11.5 Å². The minimum Gasteiger partial charge on any atom is -0.410 e. The van der Waals surface area contributed by atoms with Crippen LogP contribution in [-0.2, 0) is 18.6 Å². The normalized spacial score (nSPS) is 32.7. The maximum atomic E-state index is 10.1. The van der Waals surface area contributed by atoms with Gasteiger partial charge in [-0.1, -0.05) is 118 Å². The van der Waals surface area contributed by atoms with E-state index in [1.807, 2.05) is 0 Å². The summed E-state index contributed by atoms with van der Waals surface area (Å²) in [4.78, 5) is 1.19. The van der Waals surface area contributed by atoms with E-state index in [0.29, 0.717) is 34.9 Å². The van der Waals surface area contributed by atoms with E-state index in [-0.39, 0.29) is 48.5 Å². The summed E-state index contributed by atoms with van der Waals surface area (Å²) in [6, 6.07) is 10.6. The molecule has 270 valence electrons. The Balaban J connectivity index is 2.00. The Morgan fingerprint density at radius 2 is 1.53 bits per heavy atom. The number of benzene rings is 1. The molecule has 10 atom stereocenters. The number of aliphatic hydroxyl groups is 1. The summed E-state index contributed by atoms with van der Waals surface area (Å²) in [6.45, 7) is 28.1. The molecule has 2 aliphatic rings. The molecule has 5 nitrogen and oxygen atoms in total. The van der Waals surface area contributed by atoms with E-state index in [1.165, 1.54) is 4.90 Å². The molecular weight excluding hydrogens is 621 g/mol. The van der Waals surface area contributed by atoms with E-state index in [0.717, 1.165) is 32.1 Å². The van der Waals surface area contributed by atoms with Gasteiger partial charge in [0.15, 0.2) is 0 Å². The van der Waals surface area contributed by atoms with Gasteiger partial charge >= 0.3 is 0 Å². The molecule has 0 bridgehead atoms. The number of ether oxygens (including phenoxy) is 3. The van der Waals surface area contributed by atoms with E-state index in [2.05, 4.69) is 126 Å². The second-order valence-electron chi connectivity index (χ2n) is 15.8. The molecule has 2 heterocycles. The van der Waals surface area contributed by atoms with Crippen LogP contribution in [0.25, 0.3) is 0 Å². The molecule has 3 rings (SSSR count). The monoisotopic (exact) mass is 690 g/mol. The maximum Gasteiger partial charge on any atom is 0.200 e. The first kappa shape index (κ1) is 40.8. The lowest BCUT2D eigenvalue weighted by Crippen LogP contribution is -2.62. The molecule has 1 saturated heterocycles. The van der Waals surface area contributed by atoms with Gasteiger partial charge in [0.1, 0.15) is 11.5 Å². The van der Waals surface area contributed by atoms with Crippen LogP contribution < -0.4 is 0 Å². The fourth-order valence-electron chi connectivity index (χ4n) is 8.59. The summed E-state index contributed by atoms with van der Waals surface area (Å²) in [5.41, 5.74) is 0.941. The van der Waals surface area contributed by atoms with E-state index in [1.54, 1.807) is 11.8 Å². The zero-order valence-electron chi connectivity index (χ0n) is 31.9. The minimum absolute atomic E-state index is 0.0232. The summed E-state index contributed by atoms with van der Waals surface area (Å²) < 4.78 is 28.7. The zero-order valence-corrected chi connectivity index (χ0v) is 33.7. The second kappa shape index (κ2) is 18.5. The standard InChI is InChI=1S/C40H70O5SSi/c1-13-34-30(9)19-18-22-36(37(42-34)23-24-41)43-39(46-33-20-16-15-17-21-33)26-32(11)40(12)38(25-31(10)35(14-2)44-40)45-47(27(3)4,28(5)6)29(7)8/h15-18,20-22,27-32,34-39,41H,13-14,19,23-26H2,1-12H3/b22-18-/t30-,31+,32-,34+,35-,36+,37-,38-,39?,40+/m1/s1. The van der Waals surface area contributed by atoms with Gasteiger partial charge in [-0.3, -0.25) is 0 Å². The Morgan fingerprint density at radius 1 is 0.915 bits per heavy atom. The van der Waals surface area contributed by atoms with Crippen molar-refractivity contribution in [3.8, 4) is 0 Å². The van der Waals surface area contributed by atoms with Crippen molar-refractivity contribution < 1.29 is 23.7 Å². The average Bonchev–Trinajstić information content (AvgIpc) is 3.01.